The molecule has 4 saturated carbocycles. The van der Waals surface area contributed by atoms with Crippen molar-refractivity contribution >= 4 is 28.3 Å². The lowest BCUT2D eigenvalue weighted by Crippen LogP contribution is -2.63. The summed E-state index contributed by atoms with van der Waals surface area (Å²) in [6, 6.07) is 15.8. The Kier molecular flexibility index (Phi) is 10.0. The Morgan fingerprint density at radius 2 is 1.81 bits per heavy atom. The van der Waals surface area contributed by atoms with E-state index in [0.717, 1.165) is 47.0 Å². The third-order valence-corrected chi connectivity index (χ3v) is 14.7. The number of nitrogens with one attached hydrogen (secondary N) is 1. The molecule has 4 unspecified atom stereocenters. The second-order valence-electron chi connectivity index (χ2n) is 17.6. The SMILES string of the molecule is CC(=O)c1c(C)nc2ccccc2c1NCc1cccc(C#C[C@@]2(O)CC[C@@]3(C)C(C[C@@H](O)C4C3C[C@H](O)[C@@]3(C)C4CC[C@@H]3[C@H](C)CCC(=O)O)C2)c1. The third-order valence-electron chi connectivity index (χ3n) is 14.7. The number of aliphatic carboxylic acids is 1. The lowest BCUT2D eigenvalue weighted by molar-refractivity contribution is -0.211. The monoisotopic (exact) mass is 720 g/mol. The van der Waals surface area contributed by atoms with E-state index >= 15 is 0 Å². The average Bonchev–Trinajstić information content (AvgIpc) is 3.48. The fourth-order valence-corrected chi connectivity index (χ4v) is 11.9. The van der Waals surface area contributed by atoms with Crippen LogP contribution in [0.4, 0.5) is 5.69 Å². The van der Waals surface area contributed by atoms with E-state index in [0.29, 0.717) is 49.9 Å². The molecular weight excluding hydrogens is 665 g/mol. The highest BCUT2D eigenvalue weighted by molar-refractivity contribution is 6.08. The van der Waals surface area contributed by atoms with Crippen LogP contribution in [-0.2, 0) is 11.3 Å². The van der Waals surface area contributed by atoms with Crippen molar-refractivity contribution in [3.8, 4) is 11.8 Å². The first-order chi connectivity index (χ1) is 25.1. The molecule has 2 aromatic carbocycles. The number of aryl methyl sites for hydroxylation is 1. The molecule has 1 heterocycles. The number of fused-ring (bicyclic) bond motifs is 6. The Balaban J connectivity index is 1.06. The molecule has 282 valence electrons. The zero-order valence-electron chi connectivity index (χ0n) is 31.9. The van der Waals surface area contributed by atoms with E-state index in [2.05, 4.69) is 42.9 Å². The van der Waals surface area contributed by atoms with Gasteiger partial charge in [-0.1, -0.05) is 62.9 Å². The summed E-state index contributed by atoms with van der Waals surface area (Å²) in [6.45, 7) is 10.6. The third kappa shape index (κ3) is 6.68. The van der Waals surface area contributed by atoms with Crippen molar-refractivity contribution in [2.24, 2.45) is 46.3 Å². The molecule has 11 atom stereocenters. The minimum Gasteiger partial charge on any atom is -0.481 e. The van der Waals surface area contributed by atoms with Crippen molar-refractivity contribution in [1.82, 2.24) is 4.98 Å². The van der Waals surface area contributed by atoms with Gasteiger partial charge in [0.15, 0.2) is 5.78 Å². The van der Waals surface area contributed by atoms with E-state index in [1.165, 1.54) is 0 Å². The maximum Gasteiger partial charge on any atom is 0.303 e. The Bertz CT molecular complexity index is 1970. The zero-order valence-corrected chi connectivity index (χ0v) is 31.9. The molecule has 0 aliphatic heterocycles. The number of hydrogen-bond acceptors (Lipinski definition) is 7. The van der Waals surface area contributed by atoms with Gasteiger partial charge in [0.2, 0.25) is 0 Å². The summed E-state index contributed by atoms with van der Waals surface area (Å²) in [4.78, 5) is 28.6. The lowest BCUT2D eigenvalue weighted by Gasteiger charge is -2.64. The Morgan fingerprint density at radius 1 is 1.04 bits per heavy atom. The molecule has 8 heteroatoms. The van der Waals surface area contributed by atoms with Gasteiger partial charge in [-0.25, -0.2) is 0 Å². The van der Waals surface area contributed by atoms with Gasteiger partial charge in [0.25, 0.3) is 0 Å². The molecule has 4 aliphatic carbocycles. The van der Waals surface area contributed by atoms with Crippen LogP contribution < -0.4 is 5.32 Å². The van der Waals surface area contributed by atoms with Gasteiger partial charge in [0.1, 0.15) is 5.60 Å². The fourth-order valence-electron chi connectivity index (χ4n) is 11.9. The predicted octanol–water partition coefficient (Wildman–Crippen LogP) is 7.54. The van der Waals surface area contributed by atoms with Gasteiger partial charge in [-0.05, 0) is 135 Å². The number of benzene rings is 2. The number of nitrogens with zero attached hydrogens (tertiary/aromatic N) is 1. The summed E-state index contributed by atoms with van der Waals surface area (Å²) in [5.74, 6) is 6.68. The molecule has 0 radical (unpaired) electrons. The molecule has 53 heavy (non-hydrogen) atoms. The Hall–Kier alpha value is -3.77. The summed E-state index contributed by atoms with van der Waals surface area (Å²) in [6.07, 6.45) is 4.73. The van der Waals surface area contributed by atoms with Gasteiger partial charge in [0, 0.05) is 23.9 Å². The second kappa shape index (κ2) is 14.1. The minimum absolute atomic E-state index is 0.0365. The van der Waals surface area contributed by atoms with Gasteiger partial charge in [0.05, 0.1) is 34.7 Å². The summed E-state index contributed by atoms with van der Waals surface area (Å²) in [5, 5.41) is 49.4. The predicted molar refractivity (Wildman–Crippen MR) is 206 cm³/mol. The normalized spacial score (nSPS) is 35.3. The standard InChI is InChI=1S/C45H56N2O6/c1-26(13-16-39(51)52)33-14-15-34-41-35(23-38(50)44(33,34)5)43(4)19-20-45(53,24-31(43)22-37(41)49)18-17-29-9-8-10-30(21-29)25-46-42-32-11-6-7-12-36(32)47-27(2)40(42)28(3)48/h6-12,21,26,31,33-35,37-38,41,49-50,53H,13-16,19-20,22-25H2,1-5H3,(H,46,47)(H,51,52)/t26-,31?,33-,34?,35?,37-,38+,41?,43+,44-,45-/m1/s1. The van der Waals surface area contributed by atoms with E-state index in [4.69, 9.17) is 0 Å². The molecule has 8 nitrogen and oxygen atoms in total. The van der Waals surface area contributed by atoms with Gasteiger partial charge >= 0.3 is 5.97 Å². The van der Waals surface area contributed by atoms with Crippen LogP contribution in [0.2, 0.25) is 0 Å². The fraction of sp³-hybridized carbons (Fsp3) is 0.578. The highest BCUT2D eigenvalue weighted by Gasteiger charge is 2.66. The Labute approximate surface area is 313 Å². The van der Waals surface area contributed by atoms with Crippen LogP contribution in [0.25, 0.3) is 10.9 Å². The van der Waals surface area contributed by atoms with E-state index in [1.54, 1.807) is 6.92 Å². The van der Waals surface area contributed by atoms with Crippen molar-refractivity contribution in [2.75, 3.05) is 5.32 Å². The molecule has 7 rings (SSSR count). The van der Waals surface area contributed by atoms with Crippen LogP contribution in [0, 0.1) is 65.1 Å². The van der Waals surface area contributed by atoms with Crippen molar-refractivity contribution in [2.45, 2.75) is 117 Å². The van der Waals surface area contributed by atoms with Gasteiger partial charge in [-0.3, -0.25) is 14.6 Å². The molecule has 0 amide bonds. The number of pyridine rings is 1. The van der Waals surface area contributed by atoms with Crippen LogP contribution in [0.3, 0.4) is 0 Å². The van der Waals surface area contributed by atoms with Crippen molar-refractivity contribution in [3.63, 3.8) is 0 Å². The summed E-state index contributed by atoms with van der Waals surface area (Å²) < 4.78 is 0. The summed E-state index contributed by atoms with van der Waals surface area (Å²) in [5.41, 5.74) is 3.08. The number of carbonyl (C=O) groups is 2. The summed E-state index contributed by atoms with van der Waals surface area (Å²) in [7, 11) is 0. The number of aliphatic hydroxyl groups excluding tert-OH is 2. The highest BCUT2D eigenvalue weighted by Crippen LogP contribution is 2.69. The maximum atomic E-state index is 12.6. The van der Waals surface area contributed by atoms with Crippen LogP contribution in [0.15, 0.2) is 48.5 Å². The number of anilines is 1. The molecule has 3 aromatic rings. The first kappa shape index (κ1) is 37.5. The molecule has 4 aliphatic rings. The quantitative estimate of drug-likeness (QED) is 0.119. The molecular formula is C45H56N2O6. The smallest absolute Gasteiger partial charge is 0.303 e. The van der Waals surface area contributed by atoms with Crippen molar-refractivity contribution < 1.29 is 30.0 Å². The number of ketones is 1. The molecule has 0 saturated heterocycles. The highest BCUT2D eigenvalue weighted by atomic mass is 16.4. The molecule has 4 fully saturated rings. The van der Waals surface area contributed by atoms with Crippen LogP contribution in [0.1, 0.15) is 113 Å². The zero-order chi connectivity index (χ0) is 37.9. The van der Waals surface area contributed by atoms with Crippen molar-refractivity contribution in [3.05, 3.63) is 70.9 Å². The Morgan fingerprint density at radius 3 is 2.57 bits per heavy atom. The van der Waals surface area contributed by atoms with Gasteiger partial charge < -0.3 is 25.7 Å². The first-order valence-corrected chi connectivity index (χ1v) is 19.7. The van der Waals surface area contributed by atoms with E-state index in [9.17, 15) is 30.0 Å². The number of carbonyl (C=O) groups excluding carboxylic acids is 1. The number of aliphatic hydroxyl groups is 3. The maximum absolute atomic E-state index is 12.6. The number of para-hydroxylation sites is 1. The van der Waals surface area contributed by atoms with E-state index in [-0.39, 0.29) is 58.5 Å². The first-order valence-electron chi connectivity index (χ1n) is 19.7. The number of carboxylic acids is 1. The summed E-state index contributed by atoms with van der Waals surface area (Å²) >= 11 is 0. The molecule has 5 N–H and O–H groups in total. The van der Waals surface area contributed by atoms with Crippen LogP contribution in [0.5, 0.6) is 0 Å². The molecule has 1 aromatic heterocycles. The number of aromatic nitrogens is 1. The number of rotatable bonds is 8. The number of carboxylic acid groups (broad SMARTS) is 1. The largest absolute Gasteiger partial charge is 0.481 e. The number of Topliss-reactive ketones (excluding diaryl/α,β-unsaturated/α-hetero) is 1. The molecule has 0 bridgehead atoms. The topological polar surface area (TPSA) is 140 Å². The average molecular weight is 721 g/mol. The second-order valence-corrected chi connectivity index (χ2v) is 17.6. The van der Waals surface area contributed by atoms with E-state index < -0.39 is 23.8 Å². The van der Waals surface area contributed by atoms with Crippen molar-refractivity contribution in [1.29, 1.82) is 0 Å². The number of hydrogen-bond donors (Lipinski definition) is 5. The van der Waals surface area contributed by atoms with Crippen LogP contribution in [-0.4, -0.2) is 55.0 Å². The lowest BCUT2D eigenvalue weighted by atomic mass is 9.42. The van der Waals surface area contributed by atoms with E-state index in [1.807, 2.05) is 55.5 Å². The van der Waals surface area contributed by atoms with Gasteiger partial charge in [-0.2, -0.15) is 0 Å². The van der Waals surface area contributed by atoms with Crippen LogP contribution >= 0.6 is 0 Å². The minimum atomic E-state index is -1.17. The molecule has 0 spiro atoms. The van der Waals surface area contributed by atoms with Gasteiger partial charge in [-0.15, -0.1) is 0 Å².